The molecular weight excluding hydrogens is 398 g/mol. The van der Waals surface area contributed by atoms with Gasteiger partial charge in [0, 0.05) is 25.0 Å². The van der Waals surface area contributed by atoms with Gasteiger partial charge in [0.15, 0.2) is 12.4 Å². The van der Waals surface area contributed by atoms with E-state index in [0.717, 1.165) is 0 Å². The number of aromatic nitrogens is 2. The molecule has 0 aliphatic rings. The third kappa shape index (κ3) is 4.61. The van der Waals surface area contributed by atoms with Crippen LogP contribution in [0, 0.1) is 0 Å². The minimum absolute atomic E-state index is 0.123. The number of hydrogen-bond acceptors (Lipinski definition) is 7. The first kappa shape index (κ1) is 18.8. The number of sulfonamides is 1. The van der Waals surface area contributed by atoms with Gasteiger partial charge >= 0.3 is 0 Å². The Bertz CT molecular complexity index is 940. The summed E-state index contributed by atoms with van der Waals surface area (Å²) in [4.78, 5) is 4.21. The van der Waals surface area contributed by atoms with E-state index in [-0.39, 0.29) is 13.2 Å². The van der Waals surface area contributed by atoms with Crippen molar-refractivity contribution in [2.45, 2.75) is 17.2 Å². The van der Waals surface area contributed by atoms with Crippen molar-refractivity contribution in [3.8, 4) is 5.75 Å². The summed E-state index contributed by atoms with van der Waals surface area (Å²) in [6.45, 7) is 0.370. The Morgan fingerprint density at radius 2 is 2.04 bits per heavy atom. The summed E-state index contributed by atoms with van der Waals surface area (Å²) in [5.41, 5.74) is 0. The van der Waals surface area contributed by atoms with Gasteiger partial charge in [-0.05, 0) is 35.7 Å². The minimum atomic E-state index is -3.48. The van der Waals surface area contributed by atoms with Crippen LogP contribution in [-0.4, -0.2) is 36.5 Å². The summed E-state index contributed by atoms with van der Waals surface area (Å²) in [5, 5.41) is 6.21. The van der Waals surface area contributed by atoms with Gasteiger partial charge in [0.2, 0.25) is 0 Å². The van der Waals surface area contributed by atoms with Gasteiger partial charge in [-0.25, -0.2) is 8.42 Å². The van der Waals surface area contributed by atoms with Crippen LogP contribution in [0.25, 0.3) is 0 Å². The molecule has 10 heteroatoms. The van der Waals surface area contributed by atoms with Crippen molar-refractivity contribution in [2.75, 3.05) is 13.6 Å². The lowest BCUT2D eigenvalue weighted by Crippen LogP contribution is -2.28. The molecule has 0 amide bonds. The van der Waals surface area contributed by atoms with Gasteiger partial charge in [-0.2, -0.15) is 9.29 Å². The van der Waals surface area contributed by atoms with E-state index in [0.29, 0.717) is 33.1 Å². The van der Waals surface area contributed by atoms with E-state index in [2.05, 4.69) is 10.1 Å². The summed E-state index contributed by atoms with van der Waals surface area (Å²) >= 11 is 7.00. The second-order valence-electron chi connectivity index (χ2n) is 5.36. The Hall–Kier alpha value is -1.94. The average molecular weight is 414 g/mol. The SMILES string of the molecule is CN(CCc1noc(COc2ccc(Cl)cc2)n1)S(=O)(=O)c1cccs1. The maximum absolute atomic E-state index is 12.3. The highest BCUT2D eigenvalue weighted by molar-refractivity contribution is 7.91. The summed E-state index contributed by atoms with van der Waals surface area (Å²) in [6.07, 6.45) is 0.339. The molecule has 0 radical (unpaired) electrons. The molecule has 26 heavy (non-hydrogen) atoms. The fraction of sp³-hybridized carbons (Fsp3) is 0.250. The van der Waals surface area contributed by atoms with Crippen LogP contribution in [0.5, 0.6) is 5.75 Å². The van der Waals surface area contributed by atoms with Crippen molar-refractivity contribution >= 4 is 33.0 Å². The van der Waals surface area contributed by atoms with Crippen molar-refractivity contribution in [3.05, 3.63) is 58.5 Å². The Labute approximate surface area is 160 Å². The van der Waals surface area contributed by atoms with E-state index in [1.807, 2.05) is 0 Å². The predicted molar refractivity (Wildman–Crippen MR) is 97.9 cm³/mol. The Morgan fingerprint density at radius 3 is 2.73 bits per heavy atom. The molecule has 7 nitrogen and oxygen atoms in total. The molecule has 0 atom stereocenters. The lowest BCUT2D eigenvalue weighted by atomic mass is 10.3. The van der Waals surface area contributed by atoms with Crippen molar-refractivity contribution in [1.82, 2.24) is 14.4 Å². The molecule has 2 heterocycles. The van der Waals surface area contributed by atoms with Gasteiger partial charge < -0.3 is 9.26 Å². The Kier molecular flexibility index (Phi) is 5.92. The number of likely N-dealkylation sites (N-methyl/N-ethyl adjacent to an activating group) is 1. The topological polar surface area (TPSA) is 85.5 Å². The van der Waals surface area contributed by atoms with E-state index in [1.165, 1.54) is 22.7 Å². The molecule has 0 saturated carbocycles. The fourth-order valence-corrected chi connectivity index (χ4v) is 4.57. The molecule has 0 spiro atoms. The van der Waals surface area contributed by atoms with Crippen molar-refractivity contribution in [3.63, 3.8) is 0 Å². The van der Waals surface area contributed by atoms with Crippen molar-refractivity contribution in [1.29, 1.82) is 0 Å². The van der Waals surface area contributed by atoms with Crippen LogP contribution < -0.4 is 4.74 Å². The van der Waals surface area contributed by atoms with Crippen LogP contribution in [0.15, 0.2) is 50.5 Å². The highest BCUT2D eigenvalue weighted by atomic mass is 35.5. The van der Waals surface area contributed by atoms with Gasteiger partial charge in [0.25, 0.3) is 15.9 Å². The zero-order valence-electron chi connectivity index (χ0n) is 13.8. The number of halogens is 1. The molecule has 0 bridgehead atoms. The predicted octanol–water partition coefficient (Wildman–Crippen LogP) is 3.23. The molecule has 2 aromatic heterocycles. The monoisotopic (exact) mass is 413 g/mol. The van der Waals surface area contributed by atoms with Crippen molar-refractivity contribution in [2.24, 2.45) is 0 Å². The van der Waals surface area contributed by atoms with Crippen LogP contribution in [0.1, 0.15) is 11.7 Å². The highest BCUT2D eigenvalue weighted by Crippen LogP contribution is 2.20. The largest absolute Gasteiger partial charge is 0.484 e. The van der Waals surface area contributed by atoms with Gasteiger partial charge in [-0.3, -0.25) is 0 Å². The number of benzene rings is 1. The quantitative estimate of drug-likeness (QED) is 0.563. The zero-order valence-corrected chi connectivity index (χ0v) is 16.2. The lowest BCUT2D eigenvalue weighted by molar-refractivity contribution is 0.242. The van der Waals surface area contributed by atoms with E-state index in [9.17, 15) is 8.42 Å². The molecule has 1 aromatic carbocycles. The molecule has 0 fully saturated rings. The first-order valence-electron chi connectivity index (χ1n) is 7.65. The maximum Gasteiger partial charge on any atom is 0.264 e. The average Bonchev–Trinajstić information content (AvgIpc) is 3.31. The smallest absolute Gasteiger partial charge is 0.264 e. The van der Waals surface area contributed by atoms with Gasteiger partial charge in [-0.1, -0.05) is 22.8 Å². The molecule has 3 aromatic rings. The second-order valence-corrected chi connectivity index (χ2v) is 9.01. The number of nitrogens with zero attached hydrogens (tertiary/aromatic N) is 3. The molecule has 0 aliphatic carbocycles. The molecule has 0 unspecified atom stereocenters. The minimum Gasteiger partial charge on any atom is -0.484 e. The van der Waals surface area contributed by atoms with Gasteiger partial charge in [-0.15, -0.1) is 11.3 Å². The highest BCUT2D eigenvalue weighted by Gasteiger charge is 2.22. The standard InChI is InChI=1S/C16H16ClN3O4S2/c1-20(26(21,22)16-3-2-10-25-16)9-8-14-18-15(24-19-14)11-23-13-6-4-12(17)5-7-13/h2-7,10H,8-9,11H2,1H3. The third-order valence-electron chi connectivity index (χ3n) is 3.50. The summed E-state index contributed by atoms with van der Waals surface area (Å²) in [6, 6.07) is 10.2. The molecular formula is C16H16ClN3O4S2. The first-order chi connectivity index (χ1) is 12.4. The van der Waals surface area contributed by atoms with Crippen LogP contribution in [0.4, 0.5) is 0 Å². The van der Waals surface area contributed by atoms with Crippen LogP contribution in [0.2, 0.25) is 5.02 Å². The van der Waals surface area contributed by atoms with Gasteiger partial charge in [0.1, 0.15) is 9.96 Å². The summed E-state index contributed by atoms with van der Waals surface area (Å²) in [5.74, 6) is 1.38. The lowest BCUT2D eigenvalue weighted by Gasteiger charge is -2.14. The number of rotatable bonds is 8. The molecule has 0 N–H and O–H groups in total. The Morgan fingerprint density at radius 1 is 1.27 bits per heavy atom. The Balaban J connectivity index is 1.53. The molecule has 0 aliphatic heterocycles. The molecule has 3 rings (SSSR count). The number of hydrogen-bond donors (Lipinski definition) is 0. The van der Waals surface area contributed by atoms with E-state index in [1.54, 1.807) is 41.8 Å². The summed E-state index contributed by atoms with van der Waals surface area (Å²) < 4.78 is 36.9. The normalized spacial score (nSPS) is 11.8. The van der Waals surface area contributed by atoms with E-state index < -0.39 is 10.0 Å². The van der Waals surface area contributed by atoms with Crippen LogP contribution in [0.3, 0.4) is 0 Å². The number of ether oxygens (including phenoxy) is 1. The maximum atomic E-state index is 12.3. The second kappa shape index (κ2) is 8.17. The van der Waals surface area contributed by atoms with E-state index in [4.69, 9.17) is 20.9 Å². The molecule has 0 saturated heterocycles. The van der Waals surface area contributed by atoms with Gasteiger partial charge in [0.05, 0.1) is 0 Å². The fourth-order valence-electron chi connectivity index (χ4n) is 2.07. The van der Waals surface area contributed by atoms with Crippen molar-refractivity contribution < 1.29 is 17.7 Å². The van der Waals surface area contributed by atoms with Crippen LogP contribution >= 0.6 is 22.9 Å². The van der Waals surface area contributed by atoms with Crippen LogP contribution in [-0.2, 0) is 23.1 Å². The number of thiophene rings is 1. The molecule has 138 valence electrons. The van der Waals surface area contributed by atoms with E-state index >= 15 is 0 Å². The summed E-state index contributed by atoms with van der Waals surface area (Å²) in [7, 11) is -1.95. The third-order valence-corrected chi connectivity index (χ3v) is 6.98. The first-order valence-corrected chi connectivity index (χ1v) is 10.3. The zero-order chi connectivity index (χ0) is 18.6.